The average Bonchev–Trinajstić information content (AvgIpc) is 3.01. The molecule has 4 aromatic rings. The highest BCUT2D eigenvalue weighted by molar-refractivity contribution is 7.92. The van der Waals surface area contributed by atoms with Crippen LogP contribution in [0.5, 0.6) is 0 Å². The highest BCUT2D eigenvalue weighted by Crippen LogP contribution is 2.28. The van der Waals surface area contributed by atoms with Gasteiger partial charge < -0.3 is 10.2 Å². The predicted molar refractivity (Wildman–Crippen MR) is 186 cm³/mol. The molecule has 1 N–H and O–H groups in total. The van der Waals surface area contributed by atoms with Crippen LogP contribution in [-0.2, 0) is 32.6 Å². The van der Waals surface area contributed by atoms with Crippen LogP contribution in [0.4, 0.5) is 5.69 Å². The zero-order valence-electron chi connectivity index (χ0n) is 26.5. The number of aryl methyl sites for hydroxylation is 3. The summed E-state index contributed by atoms with van der Waals surface area (Å²) in [7, 11) is -4.20. The maximum atomic E-state index is 14.6. The minimum Gasteiger partial charge on any atom is -0.354 e. The fourth-order valence-corrected chi connectivity index (χ4v) is 7.08. The lowest BCUT2D eigenvalue weighted by atomic mass is 10.0. The zero-order valence-corrected chi connectivity index (χ0v) is 28.8. The van der Waals surface area contributed by atoms with Crippen molar-refractivity contribution in [3.8, 4) is 0 Å². The Morgan fingerprint density at radius 1 is 0.826 bits per heavy atom. The quantitative estimate of drug-likeness (QED) is 0.161. The third-order valence-electron chi connectivity index (χ3n) is 7.56. The van der Waals surface area contributed by atoms with E-state index in [0.29, 0.717) is 34.3 Å². The van der Waals surface area contributed by atoms with E-state index in [9.17, 15) is 18.0 Å². The number of hydrogen-bond acceptors (Lipinski definition) is 4. The maximum absolute atomic E-state index is 14.6. The van der Waals surface area contributed by atoms with Crippen molar-refractivity contribution in [1.82, 2.24) is 10.2 Å². The second-order valence-corrected chi connectivity index (χ2v) is 14.1. The van der Waals surface area contributed by atoms with Gasteiger partial charge >= 0.3 is 0 Å². The molecule has 4 rings (SSSR count). The normalized spacial score (nSPS) is 12.0. The lowest BCUT2D eigenvalue weighted by molar-refractivity contribution is -0.140. The molecule has 0 saturated heterocycles. The van der Waals surface area contributed by atoms with Crippen molar-refractivity contribution in [2.24, 2.45) is 0 Å². The monoisotopic (exact) mass is 679 g/mol. The van der Waals surface area contributed by atoms with Crippen molar-refractivity contribution in [3.05, 3.63) is 129 Å². The van der Waals surface area contributed by atoms with Crippen LogP contribution in [0, 0.1) is 20.8 Å². The van der Waals surface area contributed by atoms with E-state index in [2.05, 4.69) is 5.32 Å². The first-order valence-electron chi connectivity index (χ1n) is 15.1. The largest absolute Gasteiger partial charge is 0.354 e. The number of nitrogens with zero attached hydrogens (tertiary/aromatic N) is 2. The van der Waals surface area contributed by atoms with Gasteiger partial charge in [-0.15, -0.1) is 0 Å². The second-order valence-electron chi connectivity index (χ2n) is 11.4. The van der Waals surface area contributed by atoms with Gasteiger partial charge in [0, 0.05) is 29.6 Å². The van der Waals surface area contributed by atoms with Crippen LogP contribution in [0.15, 0.2) is 95.9 Å². The Kier molecular flexibility index (Phi) is 11.9. The molecule has 0 heterocycles. The predicted octanol–water partition coefficient (Wildman–Crippen LogP) is 7.28. The van der Waals surface area contributed by atoms with Crippen LogP contribution in [0.25, 0.3) is 0 Å². The van der Waals surface area contributed by atoms with Crippen LogP contribution in [0.3, 0.4) is 0 Å². The summed E-state index contributed by atoms with van der Waals surface area (Å²) in [5, 5.41) is 3.70. The molecule has 0 unspecified atom stereocenters. The Bertz CT molecular complexity index is 1760. The first-order chi connectivity index (χ1) is 21.9. The van der Waals surface area contributed by atoms with Gasteiger partial charge in [-0.05, 0) is 85.8 Å². The van der Waals surface area contributed by atoms with Gasteiger partial charge in [0.1, 0.15) is 12.6 Å². The third-order valence-corrected chi connectivity index (χ3v) is 9.93. The zero-order chi connectivity index (χ0) is 33.4. The van der Waals surface area contributed by atoms with Gasteiger partial charge in [-0.2, -0.15) is 0 Å². The molecule has 0 aliphatic rings. The molecule has 46 heavy (non-hydrogen) atoms. The summed E-state index contributed by atoms with van der Waals surface area (Å²) in [5.74, 6) is -0.906. The average molecular weight is 681 g/mol. The standard InChI is InChI=1S/C36H39Cl2N3O4S/c1-5-17-39-36(43)34(21-28-9-7-6-8-10-28)40(23-29-13-14-30(37)22-33(29)38)35(42)24-41(31-19-26(3)18-27(4)20-31)46(44,45)32-15-11-25(2)12-16-32/h6-16,18-20,22,34H,5,17,21,23-24H2,1-4H3,(H,39,43)/t34-/m0/s1. The molecule has 1 atom stereocenters. The summed E-state index contributed by atoms with van der Waals surface area (Å²) in [6.45, 7) is 7.39. The van der Waals surface area contributed by atoms with Gasteiger partial charge in [0.05, 0.1) is 10.6 Å². The van der Waals surface area contributed by atoms with Crippen molar-refractivity contribution < 1.29 is 18.0 Å². The van der Waals surface area contributed by atoms with E-state index >= 15 is 0 Å². The lowest BCUT2D eigenvalue weighted by Gasteiger charge is -2.34. The number of rotatable bonds is 13. The number of halogens is 2. The number of anilines is 1. The van der Waals surface area contributed by atoms with E-state index < -0.39 is 28.5 Å². The van der Waals surface area contributed by atoms with Crippen molar-refractivity contribution >= 4 is 50.7 Å². The van der Waals surface area contributed by atoms with Crippen molar-refractivity contribution in [1.29, 1.82) is 0 Å². The number of benzene rings is 4. The van der Waals surface area contributed by atoms with Crippen molar-refractivity contribution in [2.75, 3.05) is 17.4 Å². The Hall–Kier alpha value is -3.85. The molecule has 7 nitrogen and oxygen atoms in total. The molecule has 10 heteroatoms. The molecule has 0 radical (unpaired) electrons. The van der Waals surface area contributed by atoms with Crippen molar-refractivity contribution in [3.63, 3.8) is 0 Å². The fraction of sp³-hybridized carbons (Fsp3) is 0.278. The van der Waals surface area contributed by atoms with E-state index in [1.54, 1.807) is 42.5 Å². The Labute approximate surface area is 282 Å². The van der Waals surface area contributed by atoms with Crippen LogP contribution in [-0.4, -0.2) is 44.3 Å². The third kappa shape index (κ3) is 8.90. The number of nitrogens with one attached hydrogen (secondary N) is 1. The molecular formula is C36H39Cl2N3O4S. The minimum absolute atomic E-state index is 0.0445. The number of carbonyl (C=O) groups is 2. The molecule has 0 aliphatic carbocycles. The summed E-state index contributed by atoms with van der Waals surface area (Å²) in [6, 6.07) is 25.3. The highest BCUT2D eigenvalue weighted by atomic mass is 35.5. The molecule has 2 amide bonds. The van der Waals surface area contributed by atoms with E-state index in [1.807, 2.05) is 64.1 Å². The molecule has 0 fully saturated rings. The van der Waals surface area contributed by atoms with Gasteiger partial charge in [0.15, 0.2) is 0 Å². The molecule has 0 bridgehead atoms. The topological polar surface area (TPSA) is 86.8 Å². The van der Waals surface area contributed by atoms with Gasteiger partial charge in [-0.25, -0.2) is 8.42 Å². The summed E-state index contributed by atoms with van der Waals surface area (Å²) < 4.78 is 29.6. The number of carbonyl (C=O) groups excluding carboxylic acids is 2. The van der Waals surface area contributed by atoms with E-state index in [4.69, 9.17) is 23.2 Å². The van der Waals surface area contributed by atoms with Gasteiger partial charge in [0.25, 0.3) is 10.0 Å². The summed E-state index contributed by atoms with van der Waals surface area (Å²) in [5.41, 5.74) is 4.36. The lowest BCUT2D eigenvalue weighted by Crippen LogP contribution is -2.53. The fourth-order valence-electron chi connectivity index (χ4n) is 5.21. The first kappa shape index (κ1) is 35.0. The smallest absolute Gasteiger partial charge is 0.264 e. The Balaban J connectivity index is 1.84. The first-order valence-corrected chi connectivity index (χ1v) is 17.3. The van der Waals surface area contributed by atoms with Crippen LogP contribution >= 0.6 is 23.2 Å². The number of sulfonamides is 1. The molecule has 0 aromatic heterocycles. The molecular weight excluding hydrogens is 641 g/mol. The summed E-state index contributed by atoms with van der Waals surface area (Å²) in [4.78, 5) is 29.9. The van der Waals surface area contributed by atoms with Crippen molar-refractivity contribution in [2.45, 2.75) is 58.0 Å². The number of amides is 2. The van der Waals surface area contributed by atoms with E-state index in [1.165, 1.54) is 17.0 Å². The van der Waals surface area contributed by atoms with Crippen LogP contribution in [0.1, 0.15) is 41.2 Å². The molecule has 0 spiro atoms. The number of hydrogen-bond donors (Lipinski definition) is 1. The van der Waals surface area contributed by atoms with Crippen LogP contribution in [0.2, 0.25) is 10.0 Å². The SMILES string of the molecule is CCCNC(=O)[C@H](Cc1ccccc1)N(Cc1ccc(Cl)cc1Cl)C(=O)CN(c1cc(C)cc(C)c1)S(=O)(=O)c1ccc(C)cc1. The van der Waals surface area contributed by atoms with E-state index in [-0.39, 0.29) is 23.8 Å². The van der Waals surface area contributed by atoms with Gasteiger partial charge in [-0.3, -0.25) is 13.9 Å². The summed E-state index contributed by atoms with van der Waals surface area (Å²) >= 11 is 12.8. The van der Waals surface area contributed by atoms with Gasteiger partial charge in [-0.1, -0.05) is 90.3 Å². The Morgan fingerprint density at radius 2 is 1.48 bits per heavy atom. The Morgan fingerprint density at radius 3 is 2.09 bits per heavy atom. The molecule has 0 saturated carbocycles. The highest BCUT2D eigenvalue weighted by Gasteiger charge is 2.35. The molecule has 0 aliphatic heterocycles. The molecule has 242 valence electrons. The molecule has 4 aromatic carbocycles. The minimum atomic E-state index is -4.20. The summed E-state index contributed by atoms with van der Waals surface area (Å²) in [6.07, 6.45) is 0.914. The van der Waals surface area contributed by atoms with Crippen LogP contribution < -0.4 is 9.62 Å². The van der Waals surface area contributed by atoms with E-state index in [0.717, 1.165) is 26.6 Å². The maximum Gasteiger partial charge on any atom is 0.264 e. The second kappa shape index (κ2) is 15.6. The van der Waals surface area contributed by atoms with Gasteiger partial charge in [0.2, 0.25) is 11.8 Å².